The van der Waals surface area contributed by atoms with Gasteiger partial charge in [-0.2, -0.15) is 0 Å². The Bertz CT molecular complexity index is 413. The fourth-order valence-corrected chi connectivity index (χ4v) is 3.90. The highest BCUT2D eigenvalue weighted by Crippen LogP contribution is 2.40. The standard InChI is InChI=1S/C20H36N2O/c1-4-5-6-7-8-9-14-23-19-10-11-20(2,3)15-18(19)16-22-13-12-21-17-22/h12-13,17-19H,4-11,14-16H2,1-3H3. The van der Waals surface area contributed by atoms with Crippen LogP contribution in [-0.4, -0.2) is 22.3 Å². The summed E-state index contributed by atoms with van der Waals surface area (Å²) in [6.07, 6.45) is 18.1. The Morgan fingerprint density at radius 2 is 1.96 bits per heavy atom. The third-order valence-electron chi connectivity index (χ3n) is 5.28. The van der Waals surface area contributed by atoms with Gasteiger partial charge in [0.05, 0.1) is 12.4 Å². The lowest BCUT2D eigenvalue weighted by Crippen LogP contribution is -2.37. The van der Waals surface area contributed by atoms with Crippen molar-refractivity contribution in [3.63, 3.8) is 0 Å². The van der Waals surface area contributed by atoms with E-state index in [9.17, 15) is 0 Å². The predicted octanol–water partition coefficient (Wildman–Crippen LogP) is 5.46. The summed E-state index contributed by atoms with van der Waals surface area (Å²) in [5.74, 6) is 0.619. The number of imidazole rings is 1. The Kier molecular flexibility index (Phi) is 7.61. The summed E-state index contributed by atoms with van der Waals surface area (Å²) in [6.45, 7) is 9.06. The minimum atomic E-state index is 0.432. The molecule has 23 heavy (non-hydrogen) atoms. The number of rotatable bonds is 10. The molecule has 2 atom stereocenters. The smallest absolute Gasteiger partial charge is 0.0946 e. The van der Waals surface area contributed by atoms with Crippen LogP contribution in [0.3, 0.4) is 0 Å². The van der Waals surface area contributed by atoms with Crippen LogP contribution in [0.25, 0.3) is 0 Å². The molecule has 0 amide bonds. The molecule has 132 valence electrons. The number of hydrogen-bond donors (Lipinski definition) is 0. The normalized spacial score (nSPS) is 24.0. The van der Waals surface area contributed by atoms with Gasteiger partial charge in [0.1, 0.15) is 0 Å². The van der Waals surface area contributed by atoms with Crippen LogP contribution in [0, 0.1) is 11.3 Å². The summed E-state index contributed by atoms with van der Waals surface area (Å²) < 4.78 is 8.53. The van der Waals surface area contributed by atoms with E-state index in [1.165, 1.54) is 57.8 Å². The maximum atomic E-state index is 6.31. The van der Waals surface area contributed by atoms with Crippen molar-refractivity contribution in [1.29, 1.82) is 0 Å². The van der Waals surface area contributed by atoms with E-state index in [4.69, 9.17) is 4.74 Å². The van der Waals surface area contributed by atoms with Crippen molar-refractivity contribution in [3.8, 4) is 0 Å². The molecule has 0 aliphatic heterocycles. The highest BCUT2D eigenvalue weighted by Gasteiger charge is 2.35. The average molecular weight is 321 g/mol. The first kappa shape index (κ1) is 18.5. The molecule has 2 unspecified atom stereocenters. The Labute approximate surface area is 142 Å². The number of ether oxygens (including phenoxy) is 1. The predicted molar refractivity (Wildman–Crippen MR) is 96.5 cm³/mol. The Balaban J connectivity index is 1.74. The van der Waals surface area contributed by atoms with Gasteiger partial charge in [-0.1, -0.05) is 52.9 Å². The maximum Gasteiger partial charge on any atom is 0.0946 e. The van der Waals surface area contributed by atoms with E-state index in [1.54, 1.807) is 0 Å². The summed E-state index contributed by atoms with van der Waals surface area (Å²) in [5.41, 5.74) is 0.450. The molecular formula is C20H36N2O. The third kappa shape index (κ3) is 6.66. The fourth-order valence-electron chi connectivity index (χ4n) is 3.90. The molecule has 3 heteroatoms. The number of unbranched alkanes of at least 4 members (excludes halogenated alkanes) is 5. The van der Waals surface area contributed by atoms with Crippen LogP contribution in [0.15, 0.2) is 18.7 Å². The SMILES string of the molecule is CCCCCCCCOC1CCC(C)(C)CC1Cn1ccnc1. The van der Waals surface area contributed by atoms with Crippen LogP contribution in [0.1, 0.15) is 78.6 Å². The summed E-state index contributed by atoms with van der Waals surface area (Å²) in [7, 11) is 0. The minimum Gasteiger partial charge on any atom is -0.378 e. The van der Waals surface area contributed by atoms with Crippen LogP contribution in [0.5, 0.6) is 0 Å². The van der Waals surface area contributed by atoms with Gasteiger partial charge >= 0.3 is 0 Å². The van der Waals surface area contributed by atoms with E-state index in [0.717, 1.165) is 13.2 Å². The molecule has 2 rings (SSSR count). The molecule has 3 nitrogen and oxygen atoms in total. The van der Waals surface area contributed by atoms with Gasteiger partial charge in [0.2, 0.25) is 0 Å². The van der Waals surface area contributed by atoms with Crippen LogP contribution >= 0.6 is 0 Å². The highest BCUT2D eigenvalue weighted by molar-refractivity contribution is 4.87. The molecule has 1 fully saturated rings. The zero-order chi connectivity index (χ0) is 16.5. The van der Waals surface area contributed by atoms with Crippen molar-refractivity contribution in [2.75, 3.05) is 6.61 Å². The first-order chi connectivity index (χ1) is 11.1. The monoisotopic (exact) mass is 320 g/mol. The van der Waals surface area contributed by atoms with E-state index in [-0.39, 0.29) is 0 Å². The molecule has 1 aliphatic rings. The van der Waals surface area contributed by atoms with Gasteiger partial charge in [0.15, 0.2) is 0 Å². The first-order valence-electron chi connectivity index (χ1n) is 9.68. The van der Waals surface area contributed by atoms with Crippen molar-refractivity contribution < 1.29 is 4.74 Å². The number of hydrogen-bond acceptors (Lipinski definition) is 2. The molecule has 0 aromatic carbocycles. The molecule has 0 N–H and O–H groups in total. The van der Waals surface area contributed by atoms with E-state index in [1.807, 2.05) is 12.5 Å². The van der Waals surface area contributed by atoms with Gasteiger partial charge in [-0.25, -0.2) is 4.98 Å². The van der Waals surface area contributed by atoms with Gasteiger partial charge in [-0.3, -0.25) is 0 Å². The second kappa shape index (κ2) is 9.46. The Morgan fingerprint density at radius 1 is 1.17 bits per heavy atom. The summed E-state index contributed by atoms with van der Waals surface area (Å²) in [5, 5.41) is 0. The lowest BCUT2D eigenvalue weighted by molar-refractivity contribution is -0.0445. The molecule has 0 radical (unpaired) electrons. The van der Waals surface area contributed by atoms with Gasteiger partial charge in [-0.05, 0) is 31.1 Å². The van der Waals surface area contributed by atoms with Crippen LogP contribution in [0.4, 0.5) is 0 Å². The Hall–Kier alpha value is -0.830. The molecule has 0 spiro atoms. The second-order valence-corrected chi connectivity index (χ2v) is 8.10. The molecule has 1 saturated carbocycles. The largest absolute Gasteiger partial charge is 0.378 e. The van der Waals surface area contributed by atoms with E-state index in [2.05, 4.69) is 36.5 Å². The molecule has 0 saturated heterocycles. The highest BCUT2D eigenvalue weighted by atomic mass is 16.5. The van der Waals surface area contributed by atoms with Gasteiger partial charge in [0, 0.05) is 31.5 Å². The van der Waals surface area contributed by atoms with Crippen molar-refractivity contribution in [1.82, 2.24) is 9.55 Å². The first-order valence-corrected chi connectivity index (χ1v) is 9.68. The third-order valence-corrected chi connectivity index (χ3v) is 5.28. The number of aromatic nitrogens is 2. The quantitative estimate of drug-likeness (QED) is 0.536. The topological polar surface area (TPSA) is 27.1 Å². The average Bonchev–Trinajstić information content (AvgIpc) is 3.01. The van der Waals surface area contributed by atoms with Gasteiger partial charge in [-0.15, -0.1) is 0 Å². The molecule has 1 aromatic rings. The van der Waals surface area contributed by atoms with E-state index < -0.39 is 0 Å². The second-order valence-electron chi connectivity index (χ2n) is 8.10. The molecule has 0 bridgehead atoms. The zero-order valence-electron chi connectivity index (χ0n) is 15.5. The van der Waals surface area contributed by atoms with Crippen LogP contribution in [-0.2, 0) is 11.3 Å². The van der Waals surface area contributed by atoms with Crippen LogP contribution < -0.4 is 0 Å². The Morgan fingerprint density at radius 3 is 2.70 bits per heavy atom. The lowest BCUT2D eigenvalue weighted by atomic mass is 9.70. The lowest BCUT2D eigenvalue weighted by Gasteiger charge is -2.40. The van der Waals surface area contributed by atoms with Crippen molar-refractivity contribution >= 4 is 0 Å². The van der Waals surface area contributed by atoms with Gasteiger partial charge in [0.25, 0.3) is 0 Å². The van der Waals surface area contributed by atoms with E-state index >= 15 is 0 Å². The van der Waals surface area contributed by atoms with Crippen molar-refractivity contribution in [2.45, 2.75) is 91.2 Å². The zero-order valence-corrected chi connectivity index (χ0v) is 15.5. The summed E-state index contributed by atoms with van der Waals surface area (Å²) in [6, 6.07) is 0. The van der Waals surface area contributed by atoms with Gasteiger partial charge < -0.3 is 9.30 Å². The molecule has 1 heterocycles. The minimum absolute atomic E-state index is 0.432. The molecule has 1 aliphatic carbocycles. The van der Waals surface area contributed by atoms with Crippen molar-refractivity contribution in [2.24, 2.45) is 11.3 Å². The molecular weight excluding hydrogens is 284 g/mol. The maximum absolute atomic E-state index is 6.31. The van der Waals surface area contributed by atoms with Crippen LogP contribution in [0.2, 0.25) is 0 Å². The summed E-state index contributed by atoms with van der Waals surface area (Å²) in [4.78, 5) is 4.18. The molecule has 1 aromatic heterocycles. The van der Waals surface area contributed by atoms with Crippen molar-refractivity contribution in [3.05, 3.63) is 18.7 Å². The van der Waals surface area contributed by atoms with E-state index in [0.29, 0.717) is 17.4 Å². The fraction of sp³-hybridized carbons (Fsp3) is 0.850. The summed E-state index contributed by atoms with van der Waals surface area (Å²) >= 11 is 0. The number of nitrogens with zero attached hydrogens (tertiary/aromatic N) is 2.